The predicted octanol–water partition coefficient (Wildman–Crippen LogP) is 1.81. The molecule has 4 nitrogen and oxygen atoms in total. The second kappa shape index (κ2) is 5.85. The van der Waals surface area contributed by atoms with E-state index in [1.807, 2.05) is 6.55 Å². The second-order valence-corrected chi connectivity index (χ2v) is 5.28. The van der Waals surface area contributed by atoms with Crippen LogP contribution >= 0.6 is 0 Å². The van der Waals surface area contributed by atoms with Gasteiger partial charge in [0, 0.05) is 21.8 Å². The number of aromatic nitrogens is 1. The highest BCUT2D eigenvalue weighted by atomic mass is 28.2. The number of nitrogens with zero attached hydrogens (tertiary/aromatic N) is 1. The highest BCUT2D eigenvalue weighted by molar-refractivity contribution is 6.33. The number of carboxylic acids is 1. The summed E-state index contributed by atoms with van der Waals surface area (Å²) in [7, 11) is -0.229. The number of rotatable bonds is 5. The first-order chi connectivity index (χ1) is 8.36. The molecule has 1 aromatic heterocycles. The quantitative estimate of drug-likeness (QED) is 0.659. The number of halogens is 3. The summed E-state index contributed by atoms with van der Waals surface area (Å²) in [5.41, 5.74) is -2.12. The van der Waals surface area contributed by atoms with E-state index in [0.29, 0.717) is 18.9 Å². The van der Waals surface area contributed by atoms with Crippen molar-refractivity contribution in [3.05, 3.63) is 23.4 Å². The number of carbonyl (C=O) groups is 1. The Morgan fingerprint density at radius 1 is 1.56 bits per heavy atom. The van der Waals surface area contributed by atoms with E-state index in [1.54, 1.807) is 0 Å². The van der Waals surface area contributed by atoms with E-state index >= 15 is 0 Å². The zero-order chi connectivity index (χ0) is 13.8. The lowest BCUT2D eigenvalue weighted by atomic mass is 10.1. The Balaban J connectivity index is 3.02. The van der Waals surface area contributed by atoms with Gasteiger partial charge in [0.05, 0.1) is 17.7 Å². The van der Waals surface area contributed by atoms with Crippen LogP contribution in [0.1, 0.15) is 15.9 Å². The maximum absolute atomic E-state index is 12.6. The van der Waals surface area contributed by atoms with E-state index in [9.17, 15) is 18.0 Å². The minimum atomic E-state index is -4.74. The molecule has 100 valence electrons. The normalized spacial score (nSPS) is 12.0. The second-order valence-electron chi connectivity index (χ2n) is 3.57. The molecule has 0 aliphatic rings. The van der Waals surface area contributed by atoms with E-state index in [2.05, 4.69) is 4.98 Å². The summed E-state index contributed by atoms with van der Waals surface area (Å²) in [4.78, 5) is 14.2. The lowest BCUT2D eigenvalue weighted by Gasteiger charge is -2.11. The van der Waals surface area contributed by atoms with Crippen molar-refractivity contribution in [2.24, 2.45) is 0 Å². The maximum atomic E-state index is 12.6. The van der Waals surface area contributed by atoms with Crippen LogP contribution in [-0.2, 0) is 6.18 Å². The van der Waals surface area contributed by atoms with E-state index in [4.69, 9.17) is 9.84 Å². The molecule has 0 aromatic carbocycles. The number of carboxylic acid groups (broad SMARTS) is 1. The van der Waals surface area contributed by atoms with Gasteiger partial charge in [-0.05, 0) is 6.04 Å². The summed E-state index contributed by atoms with van der Waals surface area (Å²) in [5.74, 6) is -1.86. The topological polar surface area (TPSA) is 59.4 Å². The third-order valence-electron chi connectivity index (χ3n) is 2.16. The molecule has 0 aliphatic heterocycles. The van der Waals surface area contributed by atoms with Gasteiger partial charge in [0.1, 0.15) is 0 Å². The van der Waals surface area contributed by atoms with Crippen molar-refractivity contribution in [1.29, 1.82) is 0 Å². The zero-order valence-electron chi connectivity index (χ0n) is 9.62. The van der Waals surface area contributed by atoms with Crippen LogP contribution in [0.4, 0.5) is 13.2 Å². The van der Waals surface area contributed by atoms with Crippen LogP contribution in [0.25, 0.3) is 0 Å². The fraction of sp³-hybridized carbons (Fsp3) is 0.400. The van der Waals surface area contributed by atoms with Crippen LogP contribution in [0.5, 0.6) is 5.88 Å². The third-order valence-corrected chi connectivity index (χ3v) is 3.16. The van der Waals surface area contributed by atoms with Gasteiger partial charge in [0.2, 0.25) is 5.88 Å². The molecule has 0 amide bonds. The van der Waals surface area contributed by atoms with Crippen molar-refractivity contribution in [2.75, 3.05) is 6.61 Å². The minimum Gasteiger partial charge on any atom is -0.478 e. The fourth-order valence-electron chi connectivity index (χ4n) is 1.24. The van der Waals surface area contributed by atoms with Crippen LogP contribution in [0.3, 0.4) is 0 Å². The highest BCUT2D eigenvalue weighted by Crippen LogP contribution is 2.33. The van der Waals surface area contributed by atoms with Gasteiger partial charge in [-0.15, -0.1) is 0 Å². The first kappa shape index (κ1) is 14.5. The van der Waals surface area contributed by atoms with Crippen molar-refractivity contribution in [2.45, 2.75) is 18.8 Å². The van der Waals surface area contributed by atoms with Gasteiger partial charge in [-0.2, -0.15) is 13.2 Å². The number of hydrogen-bond donors (Lipinski definition) is 1. The molecule has 0 radical (unpaired) electrons. The monoisotopic (exact) mass is 279 g/mol. The lowest BCUT2D eigenvalue weighted by Crippen LogP contribution is -2.14. The smallest absolute Gasteiger partial charge is 0.417 e. The standard InChI is InChI=1S/C10H12F3NO3Si/c1-18-3-2-17-8-4-7(10(11,12)13)6(5-14-8)9(15)16/h4-5H,2-3,18H2,1H3,(H,15,16). The maximum Gasteiger partial charge on any atom is 0.417 e. The molecule has 1 N–H and O–H groups in total. The number of pyridine rings is 1. The third kappa shape index (κ3) is 3.72. The van der Waals surface area contributed by atoms with Crippen molar-refractivity contribution in [3.63, 3.8) is 0 Å². The Morgan fingerprint density at radius 2 is 2.22 bits per heavy atom. The van der Waals surface area contributed by atoms with Gasteiger partial charge in [0.25, 0.3) is 0 Å². The molecule has 1 aromatic rings. The Labute approximate surface area is 104 Å². The van der Waals surface area contributed by atoms with Gasteiger partial charge in [0.15, 0.2) is 0 Å². The average molecular weight is 279 g/mol. The van der Waals surface area contributed by atoms with Crippen LogP contribution < -0.4 is 4.74 Å². The molecule has 0 saturated carbocycles. The average Bonchev–Trinajstić information content (AvgIpc) is 2.28. The number of aromatic carboxylic acids is 1. The summed E-state index contributed by atoms with van der Waals surface area (Å²) in [6, 6.07) is 1.45. The fourth-order valence-corrected chi connectivity index (χ4v) is 1.67. The van der Waals surface area contributed by atoms with Crippen LogP contribution in [0.2, 0.25) is 12.6 Å². The Kier molecular flexibility index (Phi) is 4.71. The first-order valence-electron chi connectivity index (χ1n) is 5.29. The molecular weight excluding hydrogens is 267 g/mol. The number of hydrogen-bond acceptors (Lipinski definition) is 3. The van der Waals surface area contributed by atoms with Crippen molar-refractivity contribution < 1.29 is 27.8 Å². The highest BCUT2D eigenvalue weighted by Gasteiger charge is 2.36. The zero-order valence-corrected chi connectivity index (χ0v) is 11.0. The van der Waals surface area contributed by atoms with Crippen molar-refractivity contribution in [3.8, 4) is 5.88 Å². The minimum absolute atomic E-state index is 0.199. The largest absolute Gasteiger partial charge is 0.478 e. The molecule has 0 atom stereocenters. The van der Waals surface area contributed by atoms with Crippen LogP contribution in [0.15, 0.2) is 12.3 Å². The Morgan fingerprint density at radius 3 is 2.72 bits per heavy atom. The lowest BCUT2D eigenvalue weighted by molar-refractivity contribution is -0.138. The van der Waals surface area contributed by atoms with Gasteiger partial charge in [-0.1, -0.05) is 6.55 Å². The summed E-state index contributed by atoms with van der Waals surface area (Å²) >= 11 is 0. The molecule has 1 heterocycles. The van der Waals surface area contributed by atoms with Gasteiger partial charge >= 0.3 is 12.1 Å². The molecule has 0 spiro atoms. The Bertz CT molecular complexity index is 437. The number of ether oxygens (including phenoxy) is 1. The Hall–Kier alpha value is -1.57. The molecular formula is C10H12F3NO3Si. The molecule has 0 saturated heterocycles. The predicted molar refractivity (Wildman–Crippen MR) is 60.9 cm³/mol. The first-order valence-corrected chi connectivity index (χ1v) is 7.71. The molecule has 1 rings (SSSR count). The molecule has 0 aliphatic carbocycles. The van der Waals surface area contributed by atoms with Gasteiger partial charge in [-0.25, -0.2) is 9.78 Å². The van der Waals surface area contributed by atoms with E-state index in [0.717, 1.165) is 6.04 Å². The number of alkyl halides is 3. The van der Waals surface area contributed by atoms with E-state index in [1.165, 1.54) is 0 Å². The van der Waals surface area contributed by atoms with E-state index < -0.39 is 23.3 Å². The van der Waals surface area contributed by atoms with Crippen molar-refractivity contribution >= 4 is 15.5 Å². The van der Waals surface area contributed by atoms with Gasteiger partial charge < -0.3 is 9.84 Å². The summed E-state index contributed by atoms with van der Waals surface area (Å²) in [6.07, 6.45) is -4.07. The van der Waals surface area contributed by atoms with Crippen molar-refractivity contribution in [1.82, 2.24) is 4.98 Å². The van der Waals surface area contributed by atoms with Crippen LogP contribution in [-0.4, -0.2) is 32.2 Å². The van der Waals surface area contributed by atoms with Crippen LogP contribution in [0, 0.1) is 0 Å². The SMILES string of the molecule is C[SiH2]CCOc1cc(C(F)(F)F)c(C(=O)O)cn1. The molecule has 8 heteroatoms. The molecule has 0 fully saturated rings. The summed E-state index contributed by atoms with van der Waals surface area (Å²) in [5, 5.41) is 8.66. The summed E-state index contributed by atoms with van der Waals surface area (Å²) in [6.45, 7) is 2.35. The molecule has 0 bridgehead atoms. The summed E-state index contributed by atoms with van der Waals surface area (Å²) < 4.78 is 43.0. The van der Waals surface area contributed by atoms with Gasteiger partial charge in [-0.3, -0.25) is 0 Å². The molecule has 0 unspecified atom stereocenters. The molecule has 18 heavy (non-hydrogen) atoms. The van der Waals surface area contributed by atoms with E-state index in [-0.39, 0.29) is 15.4 Å².